The molecule has 6 nitrogen and oxygen atoms in total. The number of aryl methyl sites for hydroxylation is 2. The first-order valence-corrected chi connectivity index (χ1v) is 7.40. The van der Waals surface area contributed by atoms with Crippen LogP contribution in [0.5, 0.6) is 5.75 Å². The Labute approximate surface area is 138 Å². The number of carbonyl (C=O) groups excluding carboxylic acids is 1. The maximum atomic E-state index is 12.1. The van der Waals surface area contributed by atoms with Gasteiger partial charge in [-0.15, -0.1) is 0 Å². The smallest absolute Gasteiger partial charge is 0.342 e. The van der Waals surface area contributed by atoms with Crippen LogP contribution in [-0.2, 0) is 11.3 Å². The number of carbonyl (C=O) groups is 1. The summed E-state index contributed by atoms with van der Waals surface area (Å²) in [5, 5.41) is 9.91. The lowest BCUT2D eigenvalue weighted by Crippen LogP contribution is -2.17. The first kappa shape index (κ1) is 15.7. The largest absolute Gasteiger partial charge is 0.507 e. The van der Waals surface area contributed by atoms with Crippen molar-refractivity contribution in [1.29, 1.82) is 0 Å². The molecule has 0 aliphatic rings. The molecule has 0 saturated heterocycles. The van der Waals surface area contributed by atoms with Crippen molar-refractivity contribution in [3.8, 4) is 5.75 Å². The molecule has 0 atom stereocenters. The highest BCUT2D eigenvalue weighted by Gasteiger charge is 2.14. The summed E-state index contributed by atoms with van der Waals surface area (Å²) in [5.74, 6) is -0.772. The van der Waals surface area contributed by atoms with Crippen LogP contribution in [0.3, 0.4) is 0 Å². The van der Waals surface area contributed by atoms with Crippen LogP contribution >= 0.6 is 0 Å². The summed E-state index contributed by atoms with van der Waals surface area (Å²) in [6.45, 7) is 3.43. The van der Waals surface area contributed by atoms with Crippen LogP contribution in [0.25, 0.3) is 5.65 Å². The molecule has 0 aliphatic carbocycles. The normalized spacial score (nSPS) is 10.8. The molecule has 0 aliphatic heterocycles. The monoisotopic (exact) mass is 324 g/mol. The van der Waals surface area contributed by atoms with E-state index in [9.17, 15) is 14.7 Å². The molecule has 2 aromatic heterocycles. The highest BCUT2D eigenvalue weighted by Crippen LogP contribution is 2.22. The van der Waals surface area contributed by atoms with Gasteiger partial charge in [-0.25, -0.2) is 9.78 Å². The fraction of sp³-hybridized carbons (Fsp3) is 0.167. The SMILES string of the molecule is Cc1ccc2nc(COC(=O)c3cccc(C)c3O)cc(=O)n2c1. The quantitative estimate of drug-likeness (QED) is 0.748. The zero-order chi connectivity index (χ0) is 17.3. The Morgan fingerprint density at radius 1 is 1.25 bits per heavy atom. The summed E-state index contributed by atoms with van der Waals surface area (Å²) in [6.07, 6.45) is 1.70. The molecule has 24 heavy (non-hydrogen) atoms. The second-order valence-corrected chi connectivity index (χ2v) is 5.57. The second-order valence-electron chi connectivity index (χ2n) is 5.57. The fourth-order valence-electron chi connectivity index (χ4n) is 2.37. The van der Waals surface area contributed by atoms with Crippen LogP contribution in [0, 0.1) is 13.8 Å². The third-order valence-corrected chi connectivity index (χ3v) is 3.67. The molecule has 3 aromatic rings. The Morgan fingerprint density at radius 2 is 2.04 bits per heavy atom. The van der Waals surface area contributed by atoms with Crippen LogP contribution in [0.2, 0.25) is 0 Å². The van der Waals surface area contributed by atoms with Gasteiger partial charge in [-0.2, -0.15) is 0 Å². The number of hydrogen-bond acceptors (Lipinski definition) is 5. The molecule has 0 unspecified atom stereocenters. The average molecular weight is 324 g/mol. The van der Waals surface area contributed by atoms with Crippen molar-refractivity contribution >= 4 is 11.6 Å². The number of nitrogens with zero attached hydrogens (tertiary/aromatic N) is 2. The highest BCUT2D eigenvalue weighted by atomic mass is 16.5. The number of rotatable bonds is 3. The van der Waals surface area contributed by atoms with Crippen LogP contribution in [0.4, 0.5) is 0 Å². The van der Waals surface area contributed by atoms with Gasteiger partial charge >= 0.3 is 5.97 Å². The predicted molar refractivity (Wildman–Crippen MR) is 88.2 cm³/mol. The number of phenols is 1. The van der Waals surface area contributed by atoms with Crippen molar-refractivity contribution in [2.24, 2.45) is 0 Å². The van der Waals surface area contributed by atoms with Gasteiger partial charge in [0.25, 0.3) is 5.56 Å². The fourth-order valence-corrected chi connectivity index (χ4v) is 2.37. The number of aromatic nitrogens is 2. The van der Waals surface area contributed by atoms with Crippen LogP contribution < -0.4 is 5.56 Å². The van der Waals surface area contributed by atoms with Crippen molar-refractivity contribution in [3.63, 3.8) is 0 Å². The Bertz CT molecular complexity index is 992. The van der Waals surface area contributed by atoms with Gasteiger partial charge in [0.05, 0.1) is 5.69 Å². The molecule has 0 saturated carbocycles. The maximum Gasteiger partial charge on any atom is 0.342 e. The Balaban J connectivity index is 1.83. The third kappa shape index (κ3) is 2.99. The molecule has 122 valence electrons. The van der Waals surface area contributed by atoms with E-state index in [0.717, 1.165) is 5.56 Å². The number of pyridine rings is 1. The van der Waals surface area contributed by atoms with E-state index in [1.54, 1.807) is 31.3 Å². The van der Waals surface area contributed by atoms with E-state index in [1.165, 1.54) is 16.5 Å². The summed E-state index contributed by atoms with van der Waals surface area (Å²) < 4.78 is 6.61. The van der Waals surface area contributed by atoms with Gasteiger partial charge < -0.3 is 9.84 Å². The van der Waals surface area contributed by atoms with Gasteiger partial charge in [0, 0.05) is 12.3 Å². The van der Waals surface area contributed by atoms with E-state index in [1.807, 2.05) is 13.0 Å². The topological polar surface area (TPSA) is 80.9 Å². The molecule has 3 rings (SSSR count). The van der Waals surface area contributed by atoms with Gasteiger partial charge in [-0.3, -0.25) is 9.20 Å². The zero-order valence-electron chi connectivity index (χ0n) is 13.3. The lowest BCUT2D eigenvalue weighted by Gasteiger charge is -2.08. The molecule has 6 heteroatoms. The molecule has 1 aromatic carbocycles. The lowest BCUT2D eigenvalue weighted by molar-refractivity contribution is 0.0464. The van der Waals surface area contributed by atoms with E-state index in [4.69, 9.17) is 4.74 Å². The van der Waals surface area contributed by atoms with Gasteiger partial charge in [-0.1, -0.05) is 18.2 Å². The third-order valence-electron chi connectivity index (χ3n) is 3.67. The summed E-state index contributed by atoms with van der Waals surface area (Å²) in [5.41, 5.74) is 2.21. The number of phenolic OH excluding ortho intramolecular Hbond substituents is 1. The van der Waals surface area contributed by atoms with Crippen molar-refractivity contribution in [1.82, 2.24) is 9.38 Å². The number of aromatic hydroxyl groups is 1. The van der Waals surface area contributed by atoms with Gasteiger partial charge in [-0.05, 0) is 37.1 Å². The van der Waals surface area contributed by atoms with E-state index >= 15 is 0 Å². The number of para-hydroxylation sites is 1. The van der Waals surface area contributed by atoms with Crippen molar-refractivity contribution < 1.29 is 14.6 Å². The summed E-state index contributed by atoms with van der Waals surface area (Å²) in [4.78, 5) is 28.5. The standard InChI is InChI=1S/C18H16N2O4/c1-11-6-7-15-19-13(8-16(21)20(15)9-11)10-24-18(23)14-5-3-4-12(2)17(14)22/h3-9,22H,10H2,1-2H3. The molecule has 0 radical (unpaired) electrons. The Hall–Kier alpha value is -3.15. The van der Waals surface area contributed by atoms with E-state index in [0.29, 0.717) is 16.9 Å². The first-order valence-electron chi connectivity index (χ1n) is 7.40. The van der Waals surface area contributed by atoms with Crippen molar-refractivity contribution in [3.05, 3.63) is 75.3 Å². The first-order chi connectivity index (χ1) is 11.5. The number of esters is 1. The van der Waals surface area contributed by atoms with Crippen molar-refractivity contribution in [2.75, 3.05) is 0 Å². The summed E-state index contributed by atoms with van der Waals surface area (Å²) >= 11 is 0. The minimum absolute atomic E-state index is 0.0862. The van der Waals surface area contributed by atoms with Crippen molar-refractivity contribution in [2.45, 2.75) is 20.5 Å². The molecular formula is C18H16N2O4. The molecule has 2 heterocycles. The molecule has 0 bridgehead atoms. The summed E-state index contributed by atoms with van der Waals surface area (Å²) in [6, 6.07) is 9.75. The van der Waals surface area contributed by atoms with Gasteiger partial charge in [0.1, 0.15) is 23.6 Å². The number of ether oxygens (including phenoxy) is 1. The Kier molecular flexibility index (Phi) is 4.04. The van der Waals surface area contributed by atoms with Crippen LogP contribution in [0.15, 0.2) is 47.4 Å². The van der Waals surface area contributed by atoms with Gasteiger partial charge in [0.2, 0.25) is 0 Å². The minimum atomic E-state index is -0.665. The maximum absolute atomic E-state index is 12.1. The molecular weight excluding hydrogens is 308 g/mol. The molecule has 0 spiro atoms. The Morgan fingerprint density at radius 3 is 2.83 bits per heavy atom. The number of hydrogen-bond donors (Lipinski definition) is 1. The van der Waals surface area contributed by atoms with Crippen LogP contribution in [-0.4, -0.2) is 20.5 Å². The zero-order valence-corrected chi connectivity index (χ0v) is 13.3. The molecule has 0 amide bonds. The number of benzene rings is 1. The summed E-state index contributed by atoms with van der Waals surface area (Å²) in [7, 11) is 0. The van der Waals surface area contributed by atoms with Crippen LogP contribution in [0.1, 0.15) is 27.2 Å². The van der Waals surface area contributed by atoms with E-state index in [-0.39, 0.29) is 23.5 Å². The minimum Gasteiger partial charge on any atom is -0.507 e. The van der Waals surface area contributed by atoms with Gasteiger partial charge in [0.15, 0.2) is 0 Å². The van der Waals surface area contributed by atoms with E-state index < -0.39 is 5.97 Å². The lowest BCUT2D eigenvalue weighted by atomic mass is 10.1. The average Bonchev–Trinajstić information content (AvgIpc) is 2.56. The molecule has 1 N–H and O–H groups in total. The molecule has 0 fully saturated rings. The predicted octanol–water partition coefficient (Wildman–Crippen LogP) is 2.37. The van der Waals surface area contributed by atoms with E-state index in [2.05, 4.69) is 4.98 Å². The second kappa shape index (κ2) is 6.16. The number of fused-ring (bicyclic) bond motifs is 1. The highest BCUT2D eigenvalue weighted by molar-refractivity contribution is 5.92.